The molecule has 1 atom stereocenters. The maximum Gasteiger partial charge on any atom is 0.279 e. The Kier molecular flexibility index (Phi) is 7.97. The average Bonchev–Trinajstić information content (AvgIpc) is 2.38. The van der Waals surface area contributed by atoms with Crippen LogP contribution in [0.3, 0.4) is 0 Å². The van der Waals surface area contributed by atoms with Gasteiger partial charge in [0, 0.05) is 42.6 Å². The van der Waals surface area contributed by atoms with Gasteiger partial charge in [0.05, 0.1) is 0 Å². The predicted molar refractivity (Wildman–Crippen MR) is 81.7 cm³/mol. The van der Waals surface area contributed by atoms with E-state index in [-0.39, 0.29) is 0 Å². The van der Waals surface area contributed by atoms with E-state index in [2.05, 4.69) is 10.0 Å². The Hall–Kier alpha value is 0.530. The minimum Gasteiger partial charge on any atom is -0.320 e. The van der Waals surface area contributed by atoms with Crippen molar-refractivity contribution in [1.29, 1.82) is 0 Å². The molecule has 0 aliphatic carbocycles. The first-order chi connectivity index (χ1) is 8.56. The molecule has 0 aromatic heterocycles. The molecule has 5 nitrogen and oxygen atoms in total. The number of hydrogen-bond acceptors (Lipinski definition) is 5. The first-order valence-electron chi connectivity index (χ1n) is 6.11. The van der Waals surface area contributed by atoms with Crippen LogP contribution in [0.25, 0.3) is 0 Å². The molecule has 0 aromatic rings. The summed E-state index contributed by atoms with van der Waals surface area (Å²) in [5.74, 6) is 3.34. The molecule has 108 valence electrons. The molecule has 0 spiro atoms. The molecule has 1 aliphatic rings. The fourth-order valence-electron chi connectivity index (χ4n) is 1.56. The quantitative estimate of drug-likeness (QED) is 0.627. The SMILES string of the molecule is CNCCCN(C)S(=O)(=O)NCC1CSCCS1. The van der Waals surface area contributed by atoms with Gasteiger partial charge in [-0.2, -0.15) is 36.2 Å². The lowest BCUT2D eigenvalue weighted by molar-refractivity contribution is 0.448. The monoisotopic (exact) mass is 313 g/mol. The highest BCUT2D eigenvalue weighted by Gasteiger charge is 2.20. The standard InChI is InChI=1S/C10H23N3O2S3/c1-11-4-3-5-13(2)18(14,15)12-8-10-9-16-6-7-17-10/h10-12H,3-9H2,1-2H3. The molecular weight excluding hydrogens is 290 g/mol. The molecule has 1 rings (SSSR count). The smallest absolute Gasteiger partial charge is 0.279 e. The minimum absolute atomic E-state index is 0.407. The first-order valence-corrected chi connectivity index (χ1v) is 9.75. The molecule has 1 saturated heterocycles. The van der Waals surface area contributed by atoms with E-state index in [1.165, 1.54) is 10.1 Å². The van der Waals surface area contributed by atoms with Gasteiger partial charge < -0.3 is 5.32 Å². The third kappa shape index (κ3) is 6.12. The summed E-state index contributed by atoms with van der Waals surface area (Å²) in [5, 5.41) is 3.42. The summed E-state index contributed by atoms with van der Waals surface area (Å²) >= 11 is 3.76. The highest BCUT2D eigenvalue weighted by atomic mass is 32.2. The van der Waals surface area contributed by atoms with Crippen LogP contribution < -0.4 is 10.0 Å². The molecule has 1 unspecified atom stereocenters. The van der Waals surface area contributed by atoms with Crippen LogP contribution in [-0.2, 0) is 10.2 Å². The third-order valence-electron chi connectivity index (χ3n) is 2.69. The Balaban J connectivity index is 2.28. The summed E-state index contributed by atoms with van der Waals surface area (Å²) < 4.78 is 28.0. The molecule has 0 saturated carbocycles. The summed E-state index contributed by atoms with van der Waals surface area (Å²) in [6, 6.07) is 0. The van der Waals surface area contributed by atoms with Crippen LogP contribution in [-0.4, -0.2) is 69.0 Å². The maximum atomic E-state index is 11.9. The van der Waals surface area contributed by atoms with Crippen LogP contribution in [0.4, 0.5) is 0 Å². The van der Waals surface area contributed by atoms with E-state index in [0.29, 0.717) is 18.3 Å². The van der Waals surface area contributed by atoms with E-state index in [9.17, 15) is 8.42 Å². The molecule has 18 heavy (non-hydrogen) atoms. The van der Waals surface area contributed by atoms with E-state index in [1.807, 2.05) is 30.6 Å². The normalized spacial score (nSPS) is 21.4. The summed E-state index contributed by atoms with van der Waals surface area (Å²) in [5.41, 5.74) is 0. The van der Waals surface area contributed by atoms with E-state index in [1.54, 1.807) is 7.05 Å². The molecule has 0 aromatic carbocycles. The van der Waals surface area contributed by atoms with E-state index >= 15 is 0 Å². The van der Waals surface area contributed by atoms with Crippen molar-refractivity contribution in [3.05, 3.63) is 0 Å². The van der Waals surface area contributed by atoms with Crippen molar-refractivity contribution in [3.63, 3.8) is 0 Å². The second-order valence-corrected chi connectivity index (χ2v) is 8.62. The van der Waals surface area contributed by atoms with Crippen molar-refractivity contribution >= 4 is 33.7 Å². The van der Waals surface area contributed by atoms with Crippen LogP contribution in [0.1, 0.15) is 6.42 Å². The van der Waals surface area contributed by atoms with Gasteiger partial charge >= 0.3 is 0 Å². The molecule has 1 heterocycles. The Morgan fingerprint density at radius 1 is 1.39 bits per heavy atom. The van der Waals surface area contributed by atoms with Gasteiger partial charge in [-0.3, -0.25) is 0 Å². The Morgan fingerprint density at radius 3 is 2.78 bits per heavy atom. The Labute approximate surface area is 119 Å². The van der Waals surface area contributed by atoms with Gasteiger partial charge in [0.25, 0.3) is 10.2 Å². The van der Waals surface area contributed by atoms with E-state index < -0.39 is 10.2 Å². The van der Waals surface area contributed by atoms with Gasteiger partial charge in [0.15, 0.2) is 0 Å². The Bertz CT molecular complexity index is 318. The summed E-state index contributed by atoms with van der Waals surface area (Å²) in [4.78, 5) is 0. The van der Waals surface area contributed by atoms with Crippen molar-refractivity contribution in [2.45, 2.75) is 11.7 Å². The molecule has 1 fully saturated rings. The van der Waals surface area contributed by atoms with Gasteiger partial charge in [0.2, 0.25) is 0 Å². The topological polar surface area (TPSA) is 61.4 Å². The first kappa shape index (κ1) is 16.6. The minimum atomic E-state index is -3.31. The fraction of sp³-hybridized carbons (Fsp3) is 1.00. The number of hydrogen-bond donors (Lipinski definition) is 2. The summed E-state index contributed by atoms with van der Waals surface area (Å²) in [6.45, 7) is 1.91. The van der Waals surface area contributed by atoms with Crippen molar-refractivity contribution in [2.75, 3.05) is 51.0 Å². The third-order valence-corrected chi connectivity index (χ3v) is 7.07. The second kappa shape index (κ2) is 8.65. The largest absolute Gasteiger partial charge is 0.320 e. The van der Waals surface area contributed by atoms with Crippen LogP contribution in [0, 0.1) is 0 Å². The van der Waals surface area contributed by atoms with Crippen LogP contribution in [0.2, 0.25) is 0 Å². The zero-order valence-corrected chi connectivity index (χ0v) is 13.5. The van der Waals surface area contributed by atoms with Crippen LogP contribution in [0.15, 0.2) is 0 Å². The molecule has 0 radical (unpaired) electrons. The molecular formula is C10H23N3O2S3. The molecule has 1 aliphatic heterocycles. The van der Waals surface area contributed by atoms with Gasteiger partial charge in [-0.25, -0.2) is 4.72 Å². The highest BCUT2D eigenvalue weighted by molar-refractivity contribution is 8.06. The van der Waals surface area contributed by atoms with Gasteiger partial charge in [-0.15, -0.1) is 0 Å². The summed E-state index contributed by atoms with van der Waals surface area (Å²) in [7, 11) is 0.184. The van der Waals surface area contributed by atoms with E-state index in [0.717, 1.165) is 24.5 Å². The van der Waals surface area contributed by atoms with Gasteiger partial charge in [-0.1, -0.05) is 0 Å². The molecule has 8 heteroatoms. The van der Waals surface area contributed by atoms with Gasteiger partial charge in [0.1, 0.15) is 0 Å². The Morgan fingerprint density at radius 2 is 2.17 bits per heavy atom. The molecule has 0 bridgehead atoms. The lowest BCUT2D eigenvalue weighted by Crippen LogP contribution is -2.42. The number of nitrogens with one attached hydrogen (secondary N) is 2. The van der Waals surface area contributed by atoms with Crippen molar-refractivity contribution in [1.82, 2.24) is 14.3 Å². The number of nitrogens with zero attached hydrogens (tertiary/aromatic N) is 1. The van der Waals surface area contributed by atoms with E-state index in [4.69, 9.17) is 0 Å². The number of rotatable bonds is 8. The predicted octanol–water partition coefficient (Wildman–Crippen LogP) is 0.211. The van der Waals surface area contributed by atoms with Crippen LogP contribution >= 0.6 is 23.5 Å². The second-order valence-electron chi connectivity index (χ2n) is 4.20. The number of thioether (sulfide) groups is 2. The lowest BCUT2D eigenvalue weighted by Gasteiger charge is -2.23. The summed E-state index contributed by atoms with van der Waals surface area (Å²) in [6.07, 6.45) is 0.821. The highest BCUT2D eigenvalue weighted by Crippen LogP contribution is 2.23. The molecule has 2 N–H and O–H groups in total. The lowest BCUT2D eigenvalue weighted by atomic mass is 10.4. The zero-order valence-electron chi connectivity index (χ0n) is 11.0. The van der Waals surface area contributed by atoms with Crippen molar-refractivity contribution in [3.8, 4) is 0 Å². The zero-order chi connectivity index (χ0) is 13.4. The van der Waals surface area contributed by atoms with Crippen LogP contribution in [0.5, 0.6) is 0 Å². The van der Waals surface area contributed by atoms with Crippen molar-refractivity contribution in [2.24, 2.45) is 0 Å². The fourth-order valence-corrected chi connectivity index (χ4v) is 5.28. The maximum absolute atomic E-state index is 11.9. The average molecular weight is 314 g/mol. The molecule has 0 amide bonds. The van der Waals surface area contributed by atoms with Gasteiger partial charge in [-0.05, 0) is 20.0 Å². The van der Waals surface area contributed by atoms with Crippen molar-refractivity contribution < 1.29 is 8.42 Å².